The highest BCUT2D eigenvalue weighted by atomic mass is 16.5. The highest BCUT2D eigenvalue weighted by molar-refractivity contribution is 5.94. The number of carbonyl (C=O) groups excluding carboxylic acids is 1. The summed E-state index contributed by atoms with van der Waals surface area (Å²) in [5.41, 5.74) is 2.70. The van der Waals surface area contributed by atoms with Crippen LogP contribution in [0.5, 0.6) is 5.75 Å². The molecule has 7 nitrogen and oxygen atoms in total. The van der Waals surface area contributed by atoms with Crippen LogP contribution in [-0.2, 0) is 4.74 Å². The van der Waals surface area contributed by atoms with E-state index < -0.39 is 0 Å². The smallest absolute Gasteiger partial charge is 0.274 e. The number of hydrogen-bond donors (Lipinski definition) is 1. The summed E-state index contributed by atoms with van der Waals surface area (Å²) in [4.78, 5) is 15.3. The number of fused-ring (bicyclic) bond motifs is 1. The largest absolute Gasteiger partial charge is 0.497 e. The molecule has 3 aromatic rings. The van der Waals surface area contributed by atoms with Gasteiger partial charge in [0.25, 0.3) is 5.91 Å². The van der Waals surface area contributed by atoms with Gasteiger partial charge >= 0.3 is 0 Å². The fraction of sp³-hybridized carbons (Fsp3) is 0.360. The number of nitrogens with zero attached hydrogens (tertiary/aromatic N) is 3. The van der Waals surface area contributed by atoms with E-state index in [1.54, 1.807) is 11.8 Å². The van der Waals surface area contributed by atoms with Crippen LogP contribution in [0.1, 0.15) is 16.9 Å². The van der Waals surface area contributed by atoms with Gasteiger partial charge in [-0.1, -0.05) is 30.3 Å². The molecular weight excluding hydrogens is 406 g/mol. The third-order valence-corrected chi connectivity index (χ3v) is 6.73. The van der Waals surface area contributed by atoms with Crippen molar-refractivity contribution in [1.29, 1.82) is 0 Å². The van der Waals surface area contributed by atoms with E-state index in [0.29, 0.717) is 32.0 Å². The van der Waals surface area contributed by atoms with Crippen LogP contribution in [-0.4, -0.2) is 65.7 Å². The Morgan fingerprint density at radius 3 is 2.69 bits per heavy atom. The first-order chi connectivity index (χ1) is 15.6. The normalized spacial score (nSPS) is 22.6. The number of methoxy groups -OCH3 is 1. The van der Waals surface area contributed by atoms with E-state index in [0.717, 1.165) is 29.1 Å². The Bertz CT molecular complexity index is 1100. The topological polar surface area (TPSA) is 76.8 Å². The van der Waals surface area contributed by atoms with Crippen LogP contribution in [0, 0.1) is 11.3 Å². The molecule has 1 aromatic heterocycles. The van der Waals surface area contributed by atoms with E-state index in [9.17, 15) is 9.90 Å². The van der Waals surface area contributed by atoms with E-state index in [1.165, 1.54) is 0 Å². The molecule has 0 unspecified atom stereocenters. The molecule has 166 valence electrons. The molecule has 7 heteroatoms. The summed E-state index contributed by atoms with van der Waals surface area (Å²) >= 11 is 0. The Hall–Kier alpha value is -3.16. The summed E-state index contributed by atoms with van der Waals surface area (Å²) in [7, 11) is 1.63. The average molecular weight is 434 g/mol. The summed E-state index contributed by atoms with van der Waals surface area (Å²) in [5, 5.41) is 14.8. The Morgan fingerprint density at radius 1 is 1.22 bits per heavy atom. The summed E-state index contributed by atoms with van der Waals surface area (Å²) in [6.45, 7) is 2.31. The highest BCUT2D eigenvalue weighted by Gasteiger charge is 2.49. The van der Waals surface area contributed by atoms with Crippen molar-refractivity contribution in [3.8, 4) is 22.7 Å². The molecule has 0 radical (unpaired) electrons. The molecule has 0 saturated carbocycles. The van der Waals surface area contributed by atoms with Crippen LogP contribution in [0.25, 0.3) is 16.9 Å². The van der Waals surface area contributed by atoms with Crippen LogP contribution in [0.15, 0.2) is 60.7 Å². The zero-order valence-corrected chi connectivity index (χ0v) is 18.1. The fourth-order valence-electron chi connectivity index (χ4n) is 4.86. The van der Waals surface area contributed by atoms with E-state index >= 15 is 0 Å². The molecular formula is C25H27N3O4. The monoisotopic (exact) mass is 433 g/mol. The number of ether oxygens (including phenoxy) is 2. The third kappa shape index (κ3) is 3.57. The van der Waals surface area contributed by atoms with Gasteiger partial charge in [-0.3, -0.25) is 4.79 Å². The summed E-state index contributed by atoms with van der Waals surface area (Å²) in [6.07, 6.45) is 0.861. The minimum Gasteiger partial charge on any atom is -0.497 e. The standard InChI is InChI=1S/C25H27N3O4/c1-31-21-9-7-20(8-10-21)28-23(18-5-3-2-4-6-18)13-22(26-28)24(30)27-14-19-11-12-32-17-25(19,15-27)16-29/h2-10,13,19,29H,11-12,14-17H2,1H3/t19-,25+/m0/s1. The number of aliphatic hydroxyl groups is 1. The maximum atomic E-state index is 13.5. The van der Waals surface area contributed by atoms with Crippen LogP contribution in [0.3, 0.4) is 0 Å². The maximum absolute atomic E-state index is 13.5. The molecule has 2 aliphatic heterocycles. The predicted molar refractivity (Wildman–Crippen MR) is 120 cm³/mol. The zero-order valence-electron chi connectivity index (χ0n) is 18.1. The number of rotatable bonds is 5. The Balaban J connectivity index is 1.50. The molecule has 0 bridgehead atoms. The molecule has 1 N–H and O–H groups in total. The Kier molecular flexibility index (Phi) is 5.45. The molecule has 2 fully saturated rings. The van der Waals surface area contributed by atoms with Crippen molar-refractivity contribution in [3.05, 3.63) is 66.4 Å². The van der Waals surface area contributed by atoms with Gasteiger partial charge in [-0.15, -0.1) is 0 Å². The molecule has 2 aliphatic rings. The van der Waals surface area contributed by atoms with Gasteiger partial charge in [0.1, 0.15) is 5.75 Å². The van der Waals surface area contributed by atoms with Crippen LogP contribution in [0.2, 0.25) is 0 Å². The molecule has 1 amide bonds. The minimum absolute atomic E-state index is 0.0248. The third-order valence-electron chi connectivity index (χ3n) is 6.73. The van der Waals surface area contributed by atoms with Crippen molar-refractivity contribution in [3.63, 3.8) is 0 Å². The van der Waals surface area contributed by atoms with Crippen molar-refractivity contribution >= 4 is 5.91 Å². The van der Waals surface area contributed by atoms with Gasteiger partial charge in [-0.25, -0.2) is 4.68 Å². The predicted octanol–water partition coefficient (Wildman–Crippen LogP) is 3.02. The lowest BCUT2D eigenvalue weighted by Gasteiger charge is -2.36. The first-order valence-corrected chi connectivity index (χ1v) is 10.9. The second kappa shape index (κ2) is 8.41. The molecule has 0 aliphatic carbocycles. The van der Waals surface area contributed by atoms with Gasteiger partial charge in [0.2, 0.25) is 0 Å². The highest BCUT2D eigenvalue weighted by Crippen LogP contribution is 2.41. The molecule has 32 heavy (non-hydrogen) atoms. The number of amides is 1. The number of hydrogen-bond acceptors (Lipinski definition) is 5. The lowest BCUT2D eigenvalue weighted by atomic mass is 9.76. The van der Waals surface area contributed by atoms with Crippen LogP contribution >= 0.6 is 0 Å². The Labute approximate surface area is 187 Å². The second-order valence-corrected chi connectivity index (χ2v) is 8.64. The lowest BCUT2D eigenvalue weighted by Crippen LogP contribution is -2.43. The van der Waals surface area contributed by atoms with Crippen molar-refractivity contribution in [2.45, 2.75) is 6.42 Å². The van der Waals surface area contributed by atoms with Crippen molar-refractivity contribution in [2.75, 3.05) is 40.0 Å². The van der Waals surface area contributed by atoms with Crippen molar-refractivity contribution in [2.24, 2.45) is 11.3 Å². The van der Waals surface area contributed by atoms with Crippen molar-refractivity contribution < 1.29 is 19.4 Å². The van der Waals surface area contributed by atoms with E-state index in [1.807, 2.05) is 65.6 Å². The van der Waals surface area contributed by atoms with E-state index in [2.05, 4.69) is 0 Å². The van der Waals surface area contributed by atoms with Gasteiger partial charge in [-0.2, -0.15) is 5.10 Å². The lowest BCUT2D eigenvalue weighted by molar-refractivity contribution is -0.0557. The maximum Gasteiger partial charge on any atom is 0.274 e. The summed E-state index contributed by atoms with van der Waals surface area (Å²) < 4.78 is 12.7. The van der Waals surface area contributed by atoms with Gasteiger partial charge in [-0.05, 0) is 42.7 Å². The van der Waals surface area contributed by atoms with Gasteiger partial charge in [0.15, 0.2) is 5.69 Å². The quantitative estimate of drug-likeness (QED) is 0.669. The first-order valence-electron chi connectivity index (χ1n) is 10.9. The molecule has 2 saturated heterocycles. The van der Waals surface area contributed by atoms with Crippen LogP contribution < -0.4 is 4.74 Å². The SMILES string of the molecule is COc1ccc(-n2nc(C(=O)N3C[C@@H]4CCOC[C@]4(CO)C3)cc2-c2ccccc2)cc1. The zero-order chi connectivity index (χ0) is 22.1. The van der Waals surface area contributed by atoms with E-state index in [-0.39, 0.29) is 23.8 Å². The molecule has 2 aromatic carbocycles. The second-order valence-electron chi connectivity index (χ2n) is 8.64. The van der Waals surface area contributed by atoms with Gasteiger partial charge in [0.05, 0.1) is 31.7 Å². The van der Waals surface area contributed by atoms with Gasteiger partial charge in [0, 0.05) is 30.7 Å². The number of aromatic nitrogens is 2. The number of likely N-dealkylation sites (tertiary alicyclic amines) is 1. The summed E-state index contributed by atoms with van der Waals surface area (Å²) in [5.74, 6) is 0.897. The van der Waals surface area contributed by atoms with Crippen LogP contribution in [0.4, 0.5) is 0 Å². The summed E-state index contributed by atoms with van der Waals surface area (Å²) in [6, 6.07) is 19.4. The van der Waals surface area contributed by atoms with Gasteiger partial charge < -0.3 is 19.5 Å². The van der Waals surface area contributed by atoms with E-state index in [4.69, 9.17) is 14.6 Å². The number of aliphatic hydroxyl groups excluding tert-OH is 1. The Morgan fingerprint density at radius 2 is 2.00 bits per heavy atom. The number of carbonyl (C=O) groups is 1. The average Bonchev–Trinajstić information content (AvgIpc) is 3.47. The molecule has 5 rings (SSSR count). The molecule has 2 atom stereocenters. The molecule has 0 spiro atoms. The van der Waals surface area contributed by atoms with Crippen molar-refractivity contribution in [1.82, 2.24) is 14.7 Å². The first kappa shape index (κ1) is 20.7. The minimum atomic E-state index is -0.366. The molecule has 3 heterocycles. The number of benzene rings is 2. The fourth-order valence-corrected chi connectivity index (χ4v) is 4.86.